The number of hydrogen-bond donors (Lipinski definition) is 0. The third kappa shape index (κ3) is 2.76. The van der Waals surface area contributed by atoms with Gasteiger partial charge in [0.05, 0.1) is 11.7 Å². The molecule has 0 N–H and O–H groups in total. The Balaban J connectivity index is 2.11. The lowest BCUT2D eigenvalue weighted by Gasteiger charge is -2.18. The van der Waals surface area contributed by atoms with Crippen molar-refractivity contribution in [1.29, 1.82) is 0 Å². The second kappa shape index (κ2) is 4.03. The Morgan fingerprint density at radius 1 is 1.25 bits per heavy atom. The zero-order chi connectivity index (χ0) is 11.8. The van der Waals surface area contributed by atoms with Gasteiger partial charge in [0.2, 0.25) is 0 Å². The van der Waals surface area contributed by atoms with Crippen molar-refractivity contribution < 1.29 is 4.74 Å². The van der Waals surface area contributed by atoms with E-state index in [4.69, 9.17) is 4.74 Å². The summed E-state index contributed by atoms with van der Waals surface area (Å²) >= 11 is 0. The van der Waals surface area contributed by atoms with Crippen LogP contribution in [0.2, 0.25) is 0 Å². The van der Waals surface area contributed by atoms with Crippen molar-refractivity contribution in [3.05, 3.63) is 23.8 Å². The second-order valence-electron chi connectivity index (χ2n) is 6.31. The average Bonchev–Trinajstić information content (AvgIpc) is 2.82. The Morgan fingerprint density at radius 3 is 2.75 bits per heavy atom. The fourth-order valence-electron chi connectivity index (χ4n) is 2.41. The van der Waals surface area contributed by atoms with Gasteiger partial charge in [0.15, 0.2) is 0 Å². The molecule has 1 nitrogen and oxygen atoms in total. The molecule has 1 heterocycles. The van der Waals surface area contributed by atoms with Crippen LogP contribution in [0.5, 0.6) is 0 Å². The Hall–Kier alpha value is -0.560. The van der Waals surface area contributed by atoms with E-state index in [2.05, 4.69) is 45.9 Å². The summed E-state index contributed by atoms with van der Waals surface area (Å²) in [6.45, 7) is 9.10. The molecule has 2 rings (SSSR count). The van der Waals surface area contributed by atoms with Crippen LogP contribution >= 0.6 is 0 Å². The molecule has 0 bridgehead atoms. The molecule has 0 spiro atoms. The van der Waals surface area contributed by atoms with Gasteiger partial charge in [-0.05, 0) is 44.9 Å². The molecule has 1 aliphatic carbocycles. The quantitative estimate of drug-likeness (QED) is 0.439. The van der Waals surface area contributed by atoms with Crippen LogP contribution in [0, 0.1) is 5.41 Å². The molecule has 1 fully saturated rings. The van der Waals surface area contributed by atoms with Crippen molar-refractivity contribution in [3.8, 4) is 0 Å². The molecule has 90 valence electrons. The number of hydrogen-bond acceptors (Lipinski definition) is 1. The summed E-state index contributed by atoms with van der Waals surface area (Å²) < 4.78 is 5.82. The molecule has 16 heavy (non-hydrogen) atoms. The smallest absolute Gasteiger partial charge is 0.0954 e. The number of allylic oxidation sites excluding steroid dienone is 3. The highest BCUT2D eigenvalue weighted by molar-refractivity contribution is 5.11. The fourth-order valence-corrected chi connectivity index (χ4v) is 2.41. The molecule has 0 radical (unpaired) electrons. The molecule has 2 aliphatic rings. The van der Waals surface area contributed by atoms with E-state index in [-0.39, 0.29) is 11.0 Å². The van der Waals surface area contributed by atoms with Crippen LogP contribution in [-0.2, 0) is 4.74 Å². The molecule has 1 saturated heterocycles. The first kappa shape index (κ1) is 11.9. The number of fused-ring (bicyclic) bond motifs is 1. The summed E-state index contributed by atoms with van der Waals surface area (Å²) in [7, 11) is 0. The molecular weight excluding hydrogens is 196 g/mol. The summed E-state index contributed by atoms with van der Waals surface area (Å²) in [5.74, 6) is 0. The molecule has 0 saturated carbocycles. The molecule has 1 aliphatic heterocycles. The maximum absolute atomic E-state index is 5.82. The zero-order valence-electron chi connectivity index (χ0n) is 11.0. The maximum Gasteiger partial charge on any atom is 0.0954 e. The van der Waals surface area contributed by atoms with Gasteiger partial charge in [0, 0.05) is 0 Å². The summed E-state index contributed by atoms with van der Waals surface area (Å²) in [5.41, 5.74) is 1.94. The molecule has 1 heteroatoms. The standard InChI is InChI=1S/C15H24O/c1-12-6-7-13-15(4,16-13)10-5-9-14(2,3)11-8-12/h5,8-9,13H,6-7,10-11H2,1-4H3/t13-,15+/m0/s1. The second-order valence-corrected chi connectivity index (χ2v) is 6.31. The van der Waals surface area contributed by atoms with Crippen LogP contribution in [0.4, 0.5) is 0 Å². The Kier molecular flexibility index (Phi) is 3.00. The third-order valence-electron chi connectivity index (χ3n) is 3.91. The highest BCUT2D eigenvalue weighted by Crippen LogP contribution is 2.43. The van der Waals surface area contributed by atoms with Crippen molar-refractivity contribution in [2.24, 2.45) is 5.41 Å². The van der Waals surface area contributed by atoms with Crippen LogP contribution in [0.15, 0.2) is 23.8 Å². The SMILES string of the molecule is CC1=CCC(C)(C)C=CC[C@@]2(C)O[C@H]2CC1. The molecule has 0 amide bonds. The van der Waals surface area contributed by atoms with Gasteiger partial charge in [-0.3, -0.25) is 0 Å². The van der Waals surface area contributed by atoms with Crippen molar-refractivity contribution in [2.45, 2.75) is 65.1 Å². The van der Waals surface area contributed by atoms with E-state index < -0.39 is 0 Å². The van der Waals surface area contributed by atoms with Gasteiger partial charge in [-0.1, -0.05) is 37.6 Å². The molecule has 0 aromatic heterocycles. The molecular formula is C15H24O. The topological polar surface area (TPSA) is 12.5 Å². The van der Waals surface area contributed by atoms with Crippen molar-refractivity contribution >= 4 is 0 Å². The minimum absolute atomic E-state index is 0.136. The van der Waals surface area contributed by atoms with Gasteiger partial charge in [-0.15, -0.1) is 0 Å². The predicted molar refractivity (Wildman–Crippen MR) is 68.4 cm³/mol. The molecule has 2 atom stereocenters. The minimum Gasteiger partial charge on any atom is -0.366 e. The lowest BCUT2D eigenvalue weighted by atomic mass is 9.87. The van der Waals surface area contributed by atoms with E-state index in [0.717, 1.165) is 12.8 Å². The predicted octanol–water partition coefficient (Wildman–Crippen LogP) is 4.25. The van der Waals surface area contributed by atoms with Crippen LogP contribution in [0.1, 0.15) is 53.4 Å². The van der Waals surface area contributed by atoms with Crippen LogP contribution < -0.4 is 0 Å². The first-order valence-electron chi connectivity index (χ1n) is 6.42. The molecule has 0 unspecified atom stereocenters. The molecule has 0 aromatic rings. The normalized spacial score (nSPS) is 38.2. The zero-order valence-corrected chi connectivity index (χ0v) is 11.0. The van der Waals surface area contributed by atoms with Gasteiger partial charge in [0.25, 0.3) is 0 Å². The Morgan fingerprint density at radius 2 is 2.00 bits per heavy atom. The first-order valence-corrected chi connectivity index (χ1v) is 6.42. The Labute approximate surface area is 99.6 Å². The lowest BCUT2D eigenvalue weighted by Crippen LogP contribution is -2.09. The highest BCUT2D eigenvalue weighted by Gasteiger charge is 2.50. The van der Waals surface area contributed by atoms with Gasteiger partial charge in [-0.2, -0.15) is 0 Å². The van der Waals surface area contributed by atoms with E-state index in [1.807, 2.05) is 0 Å². The average molecular weight is 220 g/mol. The third-order valence-corrected chi connectivity index (χ3v) is 3.91. The largest absolute Gasteiger partial charge is 0.366 e. The van der Waals surface area contributed by atoms with Gasteiger partial charge < -0.3 is 4.74 Å². The first-order chi connectivity index (χ1) is 7.41. The van der Waals surface area contributed by atoms with Crippen molar-refractivity contribution in [1.82, 2.24) is 0 Å². The van der Waals surface area contributed by atoms with E-state index in [0.29, 0.717) is 6.10 Å². The summed E-state index contributed by atoms with van der Waals surface area (Å²) in [5, 5.41) is 0. The van der Waals surface area contributed by atoms with Crippen LogP contribution in [0.25, 0.3) is 0 Å². The fraction of sp³-hybridized carbons (Fsp3) is 0.733. The molecule has 0 aromatic carbocycles. The van der Waals surface area contributed by atoms with Crippen molar-refractivity contribution in [3.63, 3.8) is 0 Å². The highest BCUT2D eigenvalue weighted by atomic mass is 16.6. The van der Waals surface area contributed by atoms with Crippen LogP contribution in [-0.4, -0.2) is 11.7 Å². The number of epoxide rings is 1. The van der Waals surface area contributed by atoms with Crippen LogP contribution in [0.3, 0.4) is 0 Å². The van der Waals surface area contributed by atoms with Gasteiger partial charge >= 0.3 is 0 Å². The van der Waals surface area contributed by atoms with E-state index in [1.54, 1.807) is 0 Å². The van der Waals surface area contributed by atoms with Gasteiger partial charge in [-0.25, -0.2) is 0 Å². The van der Waals surface area contributed by atoms with E-state index in [1.165, 1.54) is 18.4 Å². The number of rotatable bonds is 0. The summed E-state index contributed by atoms with van der Waals surface area (Å²) in [6.07, 6.45) is 12.2. The maximum atomic E-state index is 5.82. The Bertz CT molecular complexity index is 324. The monoisotopic (exact) mass is 220 g/mol. The number of ether oxygens (including phenoxy) is 1. The minimum atomic E-state index is 0.136. The van der Waals surface area contributed by atoms with Crippen molar-refractivity contribution in [2.75, 3.05) is 0 Å². The van der Waals surface area contributed by atoms with Gasteiger partial charge in [0.1, 0.15) is 0 Å². The van der Waals surface area contributed by atoms with E-state index >= 15 is 0 Å². The lowest BCUT2D eigenvalue weighted by molar-refractivity contribution is 0.306. The van der Waals surface area contributed by atoms with E-state index in [9.17, 15) is 0 Å². The summed E-state index contributed by atoms with van der Waals surface area (Å²) in [4.78, 5) is 0. The summed E-state index contributed by atoms with van der Waals surface area (Å²) in [6, 6.07) is 0.